The Kier molecular flexibility index (Phi) is 8.84. The van der Waals surface area contributed by atoms with Gasteiger partial charge in [-0.15, -0.1) is 0 Å². The number of anilines is 1. The van der Waals surface area contributed by atoms with E-state index in [0.29, 0.717) is 17.4 Å². The summed E-state index contributed by atoms with van der Waals surface area (Å²) in [6.45, 7) is 3.23. The number of rotatable bonds is 11. The van der Waals surface area contributed by atoms with E-state index in [-0.39, 0.29) is 12.3 Å². The quantitative estimate of drug-likeness (QED) is 0.512. The largest absolute Gasteiger partial charge is 0.494 e. The maximum atomic E-state index is 12.0. The molecule has 0 atom stereocenters. The van der Waals surface area contributed by atoms with E-state index in [1.807, 2.05) is 24.3 Å². The van der Waals surface area contributed by atoms with Gasteiger partial charge < -0.3 is 14.8 Å². The predicted molar refractivity (Wildman–Crippen MR) is 106 cm³/mol. The molecule has 0 unspecified atom stereocenters. The fourth-order valence-corrected chi connectivity index (χ4v) is 2.50. The third-order valence-corrected chi connectivity index (χ3v) is 4.07. The average molecular weight is 376 g/mol. The van der Waals surface area contributed by atoms with Crippen LogP contribution in [0.1, 0.15) is 39.0 Å². The Morgan fingerprint density at radius 2 is 1.50 bits per heavy atom. The minimum atomic E-state index is -0.0906. The zero-order valence-electron chi connectivity index (χ0n) is 15.2. The van der Waals surface area contributed by atoms with Gasteiger partial charge in [0.15, 0.2) is 0 Å². The number of hydrogen-bond donors (Lipinski definition) is 1. The molecule has 0 aliphatic heterocycles. The Bertz CT molecular complexity index is 656. The van der Waals surface area contributed by atoms with Crippen LogP contribution in [0.25, 0.3) is 0 Å². The topological polar surface area (TPSA) is 47.6 Å². The number of ether oxygens (including phenoxy) is 2. The van der Waals surface area contributed by atoms with Gasteiger partial charge in [0.2, 0.25) is 5.91 Å². The maximum Gasteiger partial charge on any atom is 0.227 e. The normalized spacial score (nSPS) is 10.4. The highest BCUT2D eigenvalue weighted by atomic mass is 35.5. The van der Waals surface area contributed by atoms with Crippen LogP contribution in [0.4, 0.5) is 5.69 Å². The second-order valence-corrected chi connectivity index (χ2v) is 6.47. The van der Waals surface area contributed by atoms with Gasteiger partial charge in [-0.2, -0.15) is 0 Å². The van der Waals surface area contributed by atoms with Crippen molar-refractivity contribution in [1.29, 1.82) is 0 Å². The zero-order chi connectivity index (χ0) is 18.6. The highest BCUT2D eigenvalue weighted by Gasteiger charge is 2.04. The van der Waals surface area contributed by atoms with Gasteiger partial charge in [-0.05, 0) is 55.0 Å². The first kappa shape index (κ1) is 20.1. The van der Waals surface area contributed by atoms with Crippen LogP contribution in [0.5, 0.6) is 11.5 Å². The Hall–Kier alpha value is -2.20. The van der Waals surface area contributed by atoms with Crippen LogP contribution in [0, 0.1) is 0 Å². The second kappa shape index (κ2) is 11.4. The standard InChI is InChI=1S/C21H26ClNO3/c1-2-3-4-5-15-25-20-12-8-18(9-13-20)23-21(24)14-16-26-19-10-6-17(22)7-11-19/h6-13H,2-5,14-16H2,1H3,(H,23,24). The summed E-state index contributed by atoms with van der Waals surface area (Å²) >= 11 is 5.82. The Morgan fingerprint density at radius 3 is 2.15 bits per heavy atom. The molecule has 26 heavy (non-hydrogen) atoms. The van der Waals surface area contributed by atoms with Crippen molar-refractivity contribution in [1.82, 2.24) is 0 Å². The van der Waals surface area contributed by atoms with Gasteiger partial charge in [0, 0.05) is 10.7 Å². The van der Waals surface area contributed by atoms with Crippen LogP contribution in [0.2, 0.25) is 5.02 Å². The van der Waals surface area contributed by atoms with Crippen LogP contribution in [0.3, 0.4) is 0 Å². The molecule has 140 valence electrons. The van der Waals surface area contributed by atoms with Gasteiger partial charge in [-0.1, -0.05) is 37.8 Å². The van der Waals surface area contributed by atoms with Gasteiger partial charge in [-0.25, -0.2) is 0 Å². The fourth-order valence-electron chi connectivity index (χ4n) is 2.37. The van der Waals surface area contributed by atoms with Gasteiger partial charge in [0.05, 0.1) is 19.6 Å². The van der Waals surface area contributed by atoms with Gasteiger partial charge >= 0.3 is 0 Å². The number of nitrogens with one attached hydrogen (secondary N) is 1. The third-order valence-electron chi connectivity index (χ3n) is 3.82. The van der Waals surface area contributed by atoms with Crippen LogP contribution in [-0.2, 0) is 4.79 Å². The number of carbonyl (C=O) groups excluding carboxylic acids is 1. The SMILES string of the molecule is CCCCCCOc1ccc(NC(=O)CCOc2ccc(Cl)cc2)cc1. The average Bonchev–Trinajstić information content (AvgIpc) is 2.64. The summed E-state index contributed by atoms with van der Waals surface area (Å²) < 4.78 is 11.2. The van der Waals surface area contributed by atoms with Crippen molar-refractivity contribution >= 4 is 23.2 Å². The van der Waals surface area contributed by atoms with Gasteiger partial charge in [0.1, 0.15) is 11.5 Å². The van der Waals surface area contributed by atoms with E-state index in [4.69, 9.17) is 21.1 Å². The molecule has 4 nitrogen and oxygen atoms in total. The smallest absolute Gasteiger partial charge is 0.227 e. The van der Waals surface area contributed by atoms with Crippen LogP contribution < -0.4 is 14.8 Å². The van der Waals surface area contributed by atoms with Gasteiger partial charge in [-0.3, -0.25) is 4.79 Å². The number of amides is 1. The number of unbranched alkanes of at least 4 members (excludes halogenated alkanes) is 3. The highest BCUT2D eigenvalue weighted by molar-refractivity contribution is 6.30. The Balaban J connectivity index is 1.65. The highest BCUT2D eigenvalue weighted by Crippen LogP contribution is 2.17. The molecule has 2 rings (SSSR count). The molecule has 0 saturated heterocycles. The lowest BCUT2D eigenvalue weighted by molar-refractivity contribution is -0.116. The number of carbonyl (C=O) groups is 1. The lowest BCUT2D eigenvalue weighted by atomic mass is 10.2. The first-order valence-corrected chi connectivity index (χ1v) is 9.46. The Morgan fingerprint density at radius 1 is 0.885 bits per heavy atom. The monoisotopic (exact) mass is 375 g/mol. The Labute approximate surface area is 160 Å². The molecule has 1 amide bonds. The predicted octanol–water partition coefficient (Wildman–Crippen LogP) is 5.71. The molecule has 0 aliphatic rings. The molecular formula is C21H26ClNO3. The number of benzene rings is 2. The summed E-state index contributed by atoms with van der Waals surface area (Å²) in [5.41, 5.74) is 0.750. The van der Waals surface area contributed by atoms with E-state index >= 15 is 0 Å². The van der Waals surface area contributed by atoms with E-state index in [9.17, 15) is 4.79 Å². The molecule has 0 bridgehead atoms. The second-order valence-electron chi connectivity index (χ2n) is 6.03. The molecule has 0 radical (unpaired) electrons. The van der Waals surface area contributed by atoms with Crippen molar-refractivity contribution in [2.45, 2.75) is 39.0 Å². The summed E-state index contributed by atoms with van der Waals surface area (Å²) in [6.07, 6.45) is 5.01. The molecule has 0 aliphatic carbocycles. The molecule has 0 aromatic heterocycles. The van der Waals surface area contributed by atoms with Crippen molar-refractivity contribution < 1.29 is 14.3 Å². The van der Waals surface area contributed by atoms with Crippen molar-refractivity contribution in [3.63, 3.8) is 0 Å². The number of halogens is 1. The van der Waals surface area contributed by atoms with Crippen LogP contribution in [-0.4, -0.2) is 19.1 Å². The first-order valence-electron chi connectivity index (χ1n) is 9.08. The lowest BCUT2D eigenvalue weighted by Gasteiger charge is -2.09. The van der Waals surface area contributed by atoms with E-state index in [0.717, 1.165) is 24.5 Å². The summed E-state index contributed by atoms with van der Waals surface area (Å²) in [7, 11) is 0. The van der Waals surface area contributed by atoms with Crippen molar-refractivity contribution in [3.05, 3.63) is 53.6 Å². The summed E-state index contributed by atoms with van der Waals surface area (Å²) in [4.78, 5) is 12.0. The molecule has 0 heterocycles. The molecule has 0 saturated carbocycles. The van der Waals surface area contributed by atoms with E-state index < -0.39 is 0 Å². The maximum absolute atomic E-state index is 12.0. The van der Waals surface area contributed by atoms with Gasteiger partial charge in [0.25, 0.3) is 0 Å². The minimum Gasteiger partial charge on any atom is -0.494 e. The molecule has 0 spiro atoms. The van der Waals surface area contributed by atoms with Crippen molar-refractivity contribution in [3.8, 4) is 11.5 Å². The molecular weight excluding hydrogens is 350 g/mol. The molecule has 0 fully saturated rings. The van der Waals surface area contributed by atoms with Crippen LogP contribution >= 0.6 is 11.6 Å². The zero-order valence-corrected chi connectivity index (χ0v) is 15.9. The fraction of sp³-hybridized carbons (Fsp3) is 0.381. The summed E-state index contributed by atoms with van der Waals surface area (Å²) in [6, 6.07) is 14.5. The van der Waals surface area contributed by atoms with E-state index in [1.165, 1.54) is 19.3 Å². The van der Waals surface area contributed by atoms with Crippen molar-refractivity contribution in [2.24, 2.45) is 0 Å². The first-order chi connectivity index (χ1) is 12.7. The van der Waals surface area contributed by atoms with E-state index in [1.54, 1.807) is 24.3 Å². The van der Waals surface area contributed by atoms with E-state index in [2.05, 4.69) is 12.2 Å². The summed E-state index contributed by atoms with van der Waals surface area (Å²) in [5, 5.41) is 3.51. The van der Waals surface area contributed by atoms with Crippen LogP contribution in [0.15, 0.2) is 48.5 Å². The summed E-state index contributed by atoms with van der Waals surface area (Å²) in [5.74, 6) is 1.43. The lowest BCUT2D eigenvalue weighted by Crippen LogP contribution is -2.15. The van der Waals surface area contributed by atoms with Crippen molar-refractivity contribution in [2.75, 3.05) is 18.5 Å². The molecule has 5 heteroatoms. The minimum absolute atomic E-state index is 0.0906. The number of hydrogen-bond acceptors (Lipinski definition) is 3. The molecule has 1 N–H and O–H groups in total. The molecule has 2 aromatic rings. The molecule has 2 aromatic carbocycles. The third kappa shape index (κ3) is 7.79.